The molecule has 1 aromatic rings. The zero-order valence-corrected chi connectivity index (χ0v) is 13.6. The van der Waals surface area contributed by atoms with E-state index in [2.05, 4.69) is 15.0 Å². The number of ether oxygens (including phenoxy) is 2. The van der Waals surface area contributed by atoms with Gasteiger partial charge in [0.25, 0.3) is 0 Å². The molecule has 0 bridgehead atoms. The van der Waals surface area contributed by atoms with Gasteiger partial charge in [0.2, 0.25) is 5.88 Å². The lowest BCUT2D eigenvalue weighted by Gasteiger charge is -2.28. The molecule has 0 aliphatic heterocycles. The summed E-state index contributed by atoms with van der Waals surface area (Å²) in [5.41, 5.74) is -0.828. The Morgan fingerprint density at radius 3 is 2.44 bits per heavy atom. The van der Waals surface area contributed by atoms with Gasteiger partial charge in [-0.3, -0.25) is 4.79 Å². The van der Waals surface area contributed by atoms with Crippen molar-refractivity contribution in [1.82, 2.24) is 10.3 Å². The molecule has 138 valence electrons. The quantitative estimate of drug-likeness (QED) is 0.659. The Morgan fingerprint density at radius 1 is 1.24 bits per heavy atom. The van der Waals surface area contributed by atoms with Gasteiger partial charge in [0.1, 0.15) is 6.10 Å². The van der Waals surface area contributed by atoms with Gasteiger partial charge in [-0.15, -0.1) is 0 Å². The molecule has 0 aromatic carbocycles. The average Bonchev–Trinajstić information content (AvgIpc) is 2.56. The molecule has 0 radical (unpaired) electrons. The number of alkyl halides is 3. The van der Waals surface area contributed by atoms with E-state index in [-0.39, 0.29) is 24.6 Å². The van der Waals surface area contributed by atoms with Crippen LogP contribution >= 0.6 is 0 Å². The van der Waals surface area contributed by atoms with Crippen LogP contribution in [0.4, 0.5) is 13.2 Å². The fourth-order valence-corrected chi connectivity index (χ4v) is 2.55. The lowest BCUT2D eigenvalue weighted by Crippen LogP contribution is -2.43. The molecule has 1 N–H and O–H groups in total. The number of carbonyl (C=O) groups is 2. The molecule has 1 heterocycles. The van der Waals surface area contributed by atoms with E-state index in [1.807, 2.05) is 0 Å². The maximum Gasteiger partial charge on any atom is 0.417 e. The molecule has 1 saturated carbocycles. The molecule has 0 saturated heterocycles. The number of halogens is 3. The fourth-order valence-electron chi connectivity index (χ4n) is 2.55. The second-order valence-electron chi connectivity index (χ2n) is 5.67. The Morgan fingerprint density at radius 2 is 1.92 bits per heavy atom. The minimum Gasteiger partial charge on any atom is -0.474 e. The third kappa shape index (κ3) is 5.61. The number of pyridine rings is 1. The van der Waals surface area contributed by atoms with Gasteiger partial charge in [-0.2, -0.15) is 13.2 Å². The normalized spacial score (nSPS) is 20.6. The van der Waals surface area contributed by atoms with Crippen LogP contribution < -0.4 is 10.1 Å². The van der Waals surface area contributed by atoms with Crippen LogP contribution in [0.3, 0.4) is 0 Å². The number of hydrogen-bond donors (Lipinski definition) is 1. The van der Waals surface area contributed by atoms with Gasteiger partial charge in [0.15, 0.2) is 0 Å². The monoisotopic (exact) mass is 360 g/mol. The average molecular weight is 360 g/mol. The van der Waals surface area contributed by atoms with Crippen LogP contribution in [0.25, 0.3) is 0 Å². The molecular formula is C16H19F3N2O4. The molecule has 1 aliphatic carbocycles. The van der Waals surface area contributed by atoms with E-state index in [0.717, 1.165) is 12.3 Å². The highest BCUT2D eigenvalue weighted by Gasteiger charge is 2.31. The summed E-state index contributed by atoms with van der Waals surface area (Å²) in [6.45, 7) is 1.75. The summed E-state index contributed by atoms with van der Waals surface area (Å²) in [6.07, 6.45) is -1.51. The van der Waals surface area contributed by atoms with Crippen LogP contribution in [-0.4, -0.2) is 35.6 Å². The lowest BCUT2D eigenvalue weighted by molar-refractivity contribution is -0.155. The van der Waals surface area contributed by atoms with Crippen molar-refractivity contribution in [2.75, 3.05) is 6.61 Å². The van der Waals surface area contributed by atoms with Crippen LogP contribution in [0.2, 0.25) is 0 Å². The number of aromatic nitrogens is 1. The largest absolute Gasteiger partial charge is 0.474 e. The zero-order chi connectivity index (χ0) is 18.4. The molecule has 9 heteroatoms. The van der Waals surface area contributed by atoms with Crippen molar-refractivity contribution in [3.63, 3.8) is 0 Å². The molecule has 6 nitrogen and oxygen atoms in total. The Balaban J connectivity index is 1.78. The Kier molecular flexibility index (Phi) is 6.22. The van der Waals surface area contributed by atoms with E-state index >= 15 is 0 Å². The number of carbonyl (C=O) groups excluding carboxylic acids is 2. The molecule has 2 rings (SSSR count). The molecule has 1 amide bonds. The molecular weight excluding hydrogens is 341 g/mol. The zero-order valence-electron chi connectivity index (χ0n) is 13.6. The number of rotatable bonds is 4. The van der Waals surface area contributed by atoms with Crippen molar-refractivity contribution >= 4 is 11.9 Å². The second kappa shape index (κ2) is 8.17. The first kappa shape index (κ1) is 19.0. The maximum atomic E-state index is 12.5. The van der Waals surface area contributed by atoms with Crippen molar-refractivity contribution in [2.24, 2.45) is 0 Å². The molecule has 1 aromatic heterocycles. The summed E-state index contributed by atoms with van der Waals surface area (Å²) in [5.74, 6) is -1.54. The Bertz CT molecular complexity index is 596. The molecule has 0 unspecified atom stereocenters. The summed E-state index contributed by atoms with van der Waals surface area (Å²) >= 11 is 0. The number of esters is 1. The van der Waals surface area contributed by atoms with Gasteiger partial charge in [0.05, 0.1) is 12.2 Å². The first-order chi connectivity index (χ1) is 11.8. The predicted molar refractivity (Wildman–Crippen MR) is 80.7 cm³/mol. The number of hydrogen-bond acceptors (Lipinski definition) is 5. The highest BCUT2D eigenvalue weighted by atomic mass is 19.4. The van der Waals surface area contributed by atoms with Gasteiger partial charge < -0.3 is 14.8 Å². The minimum atomic E-state index is -4.43. The van der Waals surface area contributed by atoms with Gasteiger partial charge in [-0.1, -0.05) is 0 Å². The van der Waals surface area contributed by atoms with Crippen molar-refractivity contribution < 1.29 is 32.2 Å². The highest BCUT2D eigenvalue weighted by molar-refractivity contribution is 6.32. The third-order valence-electron chi connectivity index (χ3n) is 3.82. The minimum absolute atomic E-state index is 0.131. The summed E-state index contributed by atoms with van der Waals surface area (Å²) in [4.78, 5) is 26.5. The summed E-state index contributed by atoms with van der Waals surface area (Å²) < 4.78 is 47.6. The standard InChI is InChI=1S/C16H19F3N2O4/c1-2-24-15(23)14(22)21-11-4-6-12(7-5-11)25-13-8-3-10(9-20-13)16(17,18)19/h3,8-9,11-12H,2,4-7H2,1H3,(H,21,22). The van der Waals surface area contributed by atoms with Crippen molar-refractivity contribution in [3.05, 3.63) is 23.9 Å². The number of amides is 1. The summed E-state index contributed by atoms with van der Waals surface area (Å²) in [6, 6.07) is 1.96. The summed E-state index contributed by atoms with van der Waals surface area (Å²) in [5, 5.41) is 2.60. The van der Waals surface area contributed by atoms with Gasteiger partial charge in [-0.05, 0) is 38.7 Å². The van der Waals surface area contributed by atoms with Crippen molar-refractivity contribution in [2.45, 2.75) is 50.9 Å². The van der Waals surface area contributed by atoms with Crippen LogP contribution in [0.1, 0.15) is 38.2 Å². The highest BCUT2D eigenvalue weighted by Crippen LogP contribution is 2.30. The molecule has 1 aliphatic rings. The maximum absolute atomic E-state index is 12.5. The van der Waals surface area contributed by atoms with E-state index in [1.54, 1.807) is 6.92 Å². The molecule has 25 heavy (non-hydrogen) atoms. The number of nitrogens with zero attached hydrogens (tertiary/aromatic N) is 1. The lowest BCUT2D eigenvalue weighted by atomic mass is 9.93. The van der Waals surface area contributed by atoms with E-state index in [0.29, 0.717) is 25.7 Å². The predicted octanol–water partition coefficient (Wildman–Crippen LogP) is 2.47. The Hall–Kier alpha value is -2.32. The first-order valence-corrected chi connectivity index (χ1v) is 7.97. The molecule has 0 atom stereocenters. The molecule has 0 spiro atoms. The van der Waals surface area contributed by atoms with Gasteiger partial charge in [0, 0.05) is 18.3 Å². The van der Waals surface area contributed by atoms with Crippen LogP contribution in [0, 0.1) is 0 Å². The van der Waals surface area contributed by atoms with Crippen molar-refractivity contribution in [3.8, 4) is 5.88 Å². The van der Waals surface area contributed by atoms with Crippen LogP contribution in [0.5, 0.6) is 5.88 Å². The first-order valence-electron chi connectivity index (χ1n) is 7.97. The topological polar surface area (TPSA) is 77.5 Å². The van der Waals surface area contributed by atoms with Crippen LogP contribution in [0.15, 0.2) is 18.3 Å². The fraction of sp³-hybridized carbons (Fsp3) is 0.562. The van der Waals surface area contributed by atoms with E-state index in [4.69, 9.17) is 4.74 Å². The van der Waals surface area contributed by atoms with E-state index < -0.39 is 23.6 Å². The van der Waals surface area contributed by atoms with Crippen LogP contribution in [-0.2, 0) is 20.5 Å². The SMILES string of the molecule is CCOC(=O)C(=O)NC1CCC(Oc2ccc(C(F)(F)F)cn2)CC1. The third-order valence-corrected chi connectivity index (χ3v) is 3.82. The van der Waals surface area contributed by atoms with Gasteiger partial charge in [-0.25, -0.2) is 9.78 Å². The Labute approximate surface area is 142 Å². The second-order valence-corrected chi connectivity index (χ2v) is 5.67. The number of nitrogens with one attached hydrogen (secondary N) is 1. The van der Waals surface area contributed by atoms with Gasteiger partial charge >= 0.3 is 18.1 Å². The smallest absolute Gasteiger partial charge is 0.417 e. The van der Waals surface area contributed by atoms with Crippen molar-refractivity contribution in [1.29, 1.82) is 0 Å². The molecule has 1 fully saturated rings. The van der Waals surface area contributed by atoms with E-state index in [1.165, 1.54) is 6.07 Å². The van der Waals surface area contributed by atoms with E-state index in [9.17, 15) is 22.8 Å². The summed E-state index contributed by atoms with van der Waals surface area (Å²) in [7, 11) is 0.